The van der Waals surface area contributed by atoms with Crippen LogP contribution >= 0.6 is 0 Å². The lowest BCUT2D eigenvalue weighted by Crippen LogP contribution is -2.37. The molecule has 0 saturated heterocycles. The van der Waals surface area contributed by atoms with E-state index >= 15 is 0 Å². The maximum absolute atomic E-state index is 2.42. The van der Waals surface area contributed by atoms with Gasteiger partial charge >= 0.3 is 0 Å². The zero-order chi connectivity index (χ0) is 14.9. The van der Waals surface area contributed by atoms with Gasteiger partial charge in [-0.2, -0.15) is 0 Å². The summed E-state index contributed by atoms with van der Waals surface area (Å²) in [6, 6.07) is 10.7. The Morgan fingerprint density at radius 3 is 2.43 bits per heavy atom. The van der Waals surface area contributed by atoms with Crippen LogP contribution in [0.15, 0.2) is 42.7 Å². The number of hydrogen-bond donors (Lipinski definition) is 0. The van der Waals surface area contributed by atoms with E-state index in [2.05, 4.69) is 65.7 Å². The molecule has 1 aromatic heterocycles. The second kappa shape index (κ2) is 8.66. The number of aromatic nitrogens is 2. The van der Waals surface area contributed by atoms with Crippen LogP contribution in [0.3, 0.4) is 0 Å². The normalized spacial score (nSPS) is 11.0. The molecule has 1 aromatic carbocycles. The van der Waals surface area contributed by atoms with Gasteiger partial charge in [-0.3, -0.25) is 0 Å². The second-order valence-electron chi connectivity index (χ2n) is 5.78. The molecule has 2 nitrogen and oxygen atoms in total. The van der Waals surface area contributed by atoms with Crippen LogP contribution in [-0.2, 0) is 19.5 Å². The molecule has 0 N–H and O–H groups in total. The molecule has 1 heterocycles. The summed E-state index contributed by atoms with van der Waals surface area (Å²) in [5.74, 6) is 1.47. The van der Waals surface area contributed by atoms with E-state index in [1.165, 1.54) is 49.9 Å². The fourth-order valence-corrected chi connectivity index (χ4v) is 2.88. The average molecular weight is 285 g/mol. The van der Waals surface area contributed by atoms with E-state index < -0.39 is 0 Å². The highest BCUT2D eigenvalue weighted by molar-refractivity contribution is 5.13. The van der Waals surface area contributed by atoms with Crippen LogP contribution in [0.5, 0.6) is 0 Å². The van der Waals surface area contributed by atoms with E-state index in [4.69, 9.17) is 0 Å². The van der Waals surface area contributed by atoms with Gasteiger partial charge in [0.15, 0.2) is 0 Å². The molecular formula is C19H29N2+. The van der Waals surface area contributed by atoms with Crippen molar-refractivity contribution in [2.24, 2.45) is 0 Å². The van der Waals surface area contributed by atoms with Crippen LogP contribution in [0.25, 0.3) is 0 Å². The topological polar surface area (TPSA) is 8.81 Å². The van der Waals surface area contributed by atoms with Crippen molar-refractivity contribution in [3.63, 3.8) is 0 Å². The molecule has 0 saturated carbocycles. The van der Waals surface area contributed by atoms with Gasteiger partial charge in [-0.05, 0) is 18.9 Å². The maximum Gasteiger partial charge on any atom is 0.256 e. The van der Waals surface area contributed by atoms with E-state index in [0.717, 1.165) is 13.1 Å². The fourth-order valence-electron chi connectivity index (χ4n) is 2.88. The fraction of sp³-hybridized carbons (Fsp3) is 0.526. The third-order valence-electron chi connectivity index (χ3n) is 4.13. The molecule has 0 aliphatic heterocycles. The van der Waals surface area contributed by atoms with Gasteiger partial charge < -0.3 is 0 Å². The number of benzene rings is 1. The van der Waals surface area contributed by atoms with Crippen LogP contribution in [0, 0.1) is 0 Å². The summed E-state index contributed by atoms with van der Waals surface area (Å²) in [4.78, 5) is 0. The van der Waals surface area contributed by atoms with Gasteiger partial charge in [0.05, 0.1) is 6.54 Å². The largest absolute Gasteiger partial charge is 0.256 e. The Morgan fingerprint density at radius 2 is 1.71 bits per heavy atom. The summed E-state index contributed by atoms with van der Waals surface area (Å²) < 4.78 is 4.81. The molecular weight excluding hydrogens is 256 g/mol. The molecule has 2 heteroatoms. The van der Waals surface area contributed by atoms with Crippen molar-refractivity contribution < 1.29 is 4.57 Å². The van der Waals surface area contributed by atoms with Crippen molar-refractivity contribution in [2.75, 3.05) is 0 Å². The van der Waals surface area contributed by atoms with E-state index in [-0.39, 0.29) is 0 Å². The minimum Gasteiger partial charge on any atom is -0.235 e. The molecule has 21 heavy (non-hydrogen) atoms. The monoisotopic (exact) mass is 285 g/mol. The first-order chi connectivity index (χ1) is 10.3. The van der Waals surface area contributed by atoms with Gasteiger partial charge in [0.1, 0.15) is 18.9 Å². The van der Waals surface area contributed by atoms with Crippen LogP contribution in [-0.4, -0.2) is 4.57 Å². The van der Waals surface area contributed by atoms with E-state index in [9.17, 15) is 0 Å². The molecule has 0 amide bonds. The Morgan fingerprint density at radius 1 is 0.952 bits per heavy atom. The van der Waals surface area contributed by atoms with E-state index in [1.54, 1.807) is 0 Å². The van der Waals surface area contributed by atoms with Crippen LogP contribution in [0.1, 0.15) is 57.3 Å². The lowest BCUT2D eigenvalue weighted by atomic mass is 10.1. The Hall–Kier alpha value is -1.57. The van der Waals surface area contributed by atoms with Gasteiger partial charge in [0, 0.05) is 6.42 Å². The van der Waals surface area contributed by atoms with Gasteiger partial charge in [-0.1, -0.05) is 62.9 Å². The summed E-state index contributed by atoms with van der Waals surface area (Å²) in [5, 5.41) is 0. The number of aryl methyl sites for hydroxylation is 1. The third-order valence-corrected chi connectivity index (χ3v) is 4.13. The summed E-state index contributed by atoms with van der Waals surface area (Å²) >= 11 is 0. The van der Waals surface area contributed by atoms with Crippen molar-refractivity contribution in [3.05, 3.63) is 54.1 Å². The molecule has 0 atom stereocenters. The predicted molar refractivity (Wildman–Crippen MR) is 88.3 cm³/mol. The molecule has 0 aliphatic rings. The Labute approximate surface area is 129 Å². The SMILES string of the molecule is CCCCCCCc1n(CC)cc[n+]1Cc1ccccc1. The summed E-state index contributed by atoms with van der Waals surface area (Å²) in [6.45, 7) is 6.55. The number of imidazole rings is 1. The van der Waals surface area contributed by atoms with Crippen LogP contribution < -0.4 is 4.57 Å². The van der Waals surface area contributed by atoms with Crippen molar-refractivity contribution in [1.29, 1.82) is 0 Å². The molecule has 0 radical (unpaired) electrons. The van der Waals surface area contributed by atoms with Gasteiger partial charge in [-0.25, -0.2) is 9.13 Å². The molecule has 114 valence electrons. The van der Waals surface area contributed by atoms with E-state index in [1.807, 2.05) is 0 Å². The zero-order valence-corrected chi connectivity index (χ0v) is 13.6. The van der Waals surface area contributed by atoms with Crippen LogP contribution in [0.2, 0.25) is 0 Å². The Bertz CT molecular complexity index is 514. The predicted octanol–water partition coefficient (Wildman–Crippen LogP) is 4.36. The second-order valence-corrected chi connectivity index (χ2v) is 5.78. The van der Waals surface area contributed by atoms with E-state index in [0.29, 0.717) is 0 Å². The highest BCUT2D eigenvalue weighted by atomic mass is 15.1. The molecule has 2 aromatic rings. The standard InChI is InChI=1S/C19H29N2/c1-3-5-6-7-11-14-19-20(4-2)15-16-21(19)17-18-12-9-8-10-13-18/h8-10,12-13,15-16H,3-7,11,14,17H2,1-2H3/q+1. The molecule has 0 unspecified atom stereocenters. The Kier molecular flexibility index (Phi) is 6.52. The summed E-state index contributed by atoms with van der Waals surface area (Å²) in [7, 11) is 0. The van der Waals surface area contributed by atoms with Gasteiger partial charge in [0.25, 0.3) is 5.82 Å². The molecule has 0 spiro atoms. The number of unbranched alkanes of at least 4 members (excludes halogenated alkanes) is 4. The van der Waals surface area contributed by atoms with Crippen molar-refractivity contribution in [3.8, 4) is 0 Å². The van der Waals surface area contributed by atoms with Crippen molar-refractivity contribution >= 4 is 0 Å². The number of hydrogen-bond acceptors (Lipinski definition) is 0. The van der Waals surface area contributed by atoms with Crippen molar-refractivity contribution in [2.45, 2.75) is 65.5 Å². The quantitative estimate of drug-likeness (QED) is 0.478. The van der Waals surface area contributed by atoms with Gasteiger partial charge in [-0.15, -0.1) is 0 Å². The maximum atomic E-state index is 2.42. The summed E-state index contributed by atoms with van der Waals surface area (Å²) in [6.07, 6.45) is 12.4. The first kappa shape index (κ1) is 15.8. The van der Waals surface area contributed by atoms with Gasteiger partial charge in [0.2, 0.25) is 0 Å². The minimum atomic E-state index is 0.984. The highest BCUT2D eigenvalue weighted by Crippen LogP contribution is 2.08. The minimum absolute atomic E-state index is 0.984. The highest BCUT2D eigenvalue weighted by Gasteiger charge is 2.15. The van der Waals surface area contributed by atoms with Crippen molar-refractivity contribution in [1.82, 2.24) is 4.57 Å². The number of nitrogens with zero attached hydrogens (tertiary/aromatic N) is 2. The molecule has 0 fully saturated rings. The lowest BCUT2D eigenvalue weighted by molar-refractivity contribution is -0.695. The van der Waals surface area contributed by atoms with Crippen LogP contribution in [0.4, 0.5) is 0 Å². The smallest absolute Gasteiger partial charge is 0.235 e. The first-order valence-electron chi connectivity index (χ1n) is 8.46. The first-order valence-corrected chi connectivity index (χ1v) is 8.46. The molecule has 2 rings (SSSR count). The lowest BCUT2D eigenvalue weighted by Gasteiger charge is -2.05. The summed E-state index contributed by atoms with van der Waals surface area (Å²) in [5.41, 5.74) is 1.38. The third kappa shape index (κ3) is 4.73. The molecule has 0 bridgehead atoms. The zero-order valence-electron chi connectivity index (χ0n) is 13.6. The average Bonchev–Trinajstić information content (AvgIpc) is 2.90. The number of rotatable bonds is 9. The molecule has 0 aliphatic carbocycles. The Balaban J connectivity index is 1.99.